The van der Waals surface area contributed by atoms with Crippen molar-refractivity contribution in [3.05, 3.63) is 23.4 Å². The second kappa shape index (κ2) is 2.40. The minimum Gasteiger partial charge on any atom is -0.366 e. The molecule has 1 unspecified atom stereocenters. The van der Waals surface area contributed by atoms with E-state index in [1.54, 1.807) is 26.1 Å². The summed E-state index contributed by atoms with van der Waals surface area (Å²) >= 11 is 0. The molecule has 1 aliphatic rings. The molecule has 1 atom stereocenters. The first-order valence-electron chi connectivity index (χ1n) is 3.36. The summed E-state index contributed by atoms with van der Waals surface area (Å²) in [5.74, 6) is 0. The van der Waals surface area contributed by atoms with E-state index in [-0.39, 0.29) is 0 Å². The Morgan fingerprint density at radius 1 is 1.73 bits per heavy atom. The summed E-state index contributed by atoms with van der Waals surface area (Å²) in [6.45, 7) is 3.35. The van der Waals surface area contributed by atoms with Crippen LogP contribution in [0.15, 0.2) is 23.4 Å². The van der Waals surface area contributed by atoms with Gasteiger partial charge in [-0.25, -0.2) is 0 Å². The first-order chi connectivity index (χ1) is 5.08. The Morgan fingerprint density at radius 3 is 2.73 bits per heavy atom. The third kappa shape index (κ3) is 1.26. The van der Waals surface area contributed by atoms with Crippen molar-refractivity contribution < 1.29 is 5.11 Å². The van der Waals surface area contributed by atoms with Gasteiger partial charge in [-0.1, -0.05) is 0 Å². The second-order valence-electron chi connectivity index (χ2n) is 2.72. The molecule has 1 heterocycles. The lowest BCUT2D eigenvalue weighted by Gasteiger charge is -2.26. The molecular weight excluding hydrogens is 140 g/mol. The van der Waals surface area contributed by atoms with E-state index in [9.17, 15) is 5.11 Å². The molecule has 0 saturated heterocycles. The zero-order chi connectivity index (χ0) is 8.48. The van der Waals surface area contributed by atoms with Gasteiger partial charge in [-0.2, -0.15) is 5.26 Å². The van der Waals surface area contributed by atoms with Crippen molar-refractivity contribution in [1.29, 1.82) is 5.26 Å². The monoisotopic (exact) mass is 150 g/mol. The Bertz CT molecular complexity index is 268. The van der Waals surface area contributed by atoms with Crippen LogP contribution in [0.5, 0.6) is 0 Å². The Kier molecular flexibility index (Phi) is 1.71. The molecule has 2 N–H and O–H groups in total. The standard InChI is InChI=1S/C8H10N2O/c1-6-3-4-10-8(2,11)7(6)5-9/h3-4,10-11H,1-2H3. The number of rotatable bonds is 0. The lowest BCUT2D eigenvalue weighted by Crippen LogP contribution is -2.42. The molecule has 3 heteroatoms. The molecule has 11 heavy (non-hydrogen) atoms. The molecule has 0 aromatic carbocycles. The normalized spacial score (nSPS) is 29.6. The van der Waals surface area contributed by atoms with E-state index >= 15 is 0 Å². The van der Waals surface area contributed by atoms with Gasteiger partial charge in [-0.05, 0) is 31.7 Å². The molecule has 1 aliphatic heterocycles. The molecule has 0 aromatic heterocycles. The average molecular weight is 150 g/mol. The minimum absolute atomic E-state index is 0.375. The first kappa shape index (κ1) is 7.83. The van der Waals surface area contributed by atoms with Crippen molar-refractivity contribution in [3.63, 3.8) is 0 Å². The van der Waals surface area contributed by atoms with Crippen molar-refractivity contribution in [2.75, 3.05) is 0 Å². The third-order valence-corrected chi connectivity index (χ3v) is 1.69. The summed E-state index contributed by atoms with van der Waals surface area (Å²) in [4.78, 5) is 0. The molecule has 0 amide bonds. The number of nitrogens with one attached hydrogen (secondary N) is 1. The van der Waals surface area contributed by atoms with Gasteiger partial charge < -0.3 is 10.4 Å². The molecule has 0 fully saturated rings. The first-order valence-corrected chi connectivity index (χ1v) is 3.36. The lowest BCUT2D eigenvalue weighted by atomic mass is 9.98. The number of allylic oxidation sites excluding steroid dienone is 2. The lowest BCUT2D eigenvalue weighted by molar-refractivity contribution is 0.0788. The second-order valence-corrected chi connectivity index (χ2v) is 2.72. The van der Waals surface area contributed by atoms with Crippen molar-refractivity contribution >= 4 is 0 Å². The Morgan fingerprint density at radius 2 is 2.36 bits per heavy atom. The van der Waals surface area contributed by atoms with E-state index in [2.05, 4.69) is 5.32 Å². The smallest absolute Gasteiger partial charge is 0.168 e. The van der Waals surface area contributed by atoms with Crippen LogP contribution in [0.25, 0.3) is 0 Å². The molecule has 3 nitrogen and oxygen atoms in total. The van der Waals surface area contributed by atoms with E-state index in [1.807, 2.05) is 6.07 Å². The maximum Gasteiger partial charge on any atom is 0.168 e. The molecule has 0 aliphatic carbocycles. The highest BCUT2D eigenvalue weighted by molar-refractivity contribution is 5.42. The van der Waals surface area contributed by atoms with Crippen LogP contribution in [0.1, 0.15) is 13.8 Å². The average Bonchev–Trinajstić information content (AvgIpc) is 1.86. The molecule has 0 bridgehead atoms. The zero-order valence-corrected chi connectivity index (χ0v) is 6.55. The molecule has 0 aromatic rings. The molecular formula is C8H10N2O. The van der Waals surface area contributed by atoms with Crippen LogP contribution >= 0.6 is 0 Å². The van der Waals surface area contributed by atoms with E-state index in [0.717, 1.165) is 5.57 Å². The van der Waals surface area contributed by atoms with E-state index in [1.165, 1.54) is 0 Å². The van der Waals surface area contributed by atoms with Crippen molar-refractivity contribution in [3.8, 4) is 6.07 Å². The highest BCUT2D eigenvalue weighted by atomic mass is 16.3. The number of hydrogen-bond acceptors (Lipinski definition) is 3. The van der Waals surface area contributed by atoms with Crippen LogP contribution in [0.4, 0.5) is 0 Å². The summed E-state index contributed by atoms with van der Waals surface area (Å²) < 4.78 is 0. The van der Waals surface area contributed by atoms with Gasteiger partial charge >= 0.3 is 0 Å². The number of hydrogen-bond donors (Lipinski definition) is 2. The van der Waals surface area contributed by atoms with Crippen molar-refractivity contribution in [2.45, 2.75) is 19.6 Å². The topological polar surface area (TPSA) is 56.0 Å². The summed E-state index contributed by atoms with van der Waals surface area (Å²) in [6, 6.07) is 1.96. The van der Waals surface area contributed by atoms with Gasteiger partial charge in [-0.15, -0.1) is 0 Å². The molecule has 58 valence electrons. The molecule has 0 spiro atoms. The third-order valence-electron chi connectivity index (χ3n) is 1.69. The largest absolute Gasteiger partial charge is 0.366 e. The summed E-state index contributed by atoms with van der Waals surface area (Å²) in [5.41, 5.74) is -0.0237. The maximum absolute atomic E-state index is 9.56. The molecule has 0 saturated carbocycles. The van der Waals surface area contributed by atoms with Gasteiger partial charge in [0.25, 0.3) is 0 Å². The number of aliphatic hydroxyl groups is 1. The summed E-state index contributed by atoms with van der Waals surface area (Å²) in [5, 5.41) is 20.9. The van der Waals surface area contributed by atoms with E-state index < -0.39 is 5.72 Å². The van der Waals surface area contributed by atoms with Crippen LogP contribution in [0.2, 0.25) is 0 Å². The summed E-state index contributed by atoms with van der Waals surface area (Å²) in [6.07, 6.45) is 3.40. The number of nitriles is 1. The highest BCUT2D eigenvalue weighted by Gasteiger charge is 2.27. The Balaban J connectivity index is 3.13. The van der Waals surface area contributed by atoms with E-state index in [4.69, 9.17) is 5.26 Å². The predicted octanol–water partition coefficient (Wildman–Crippen LogP) is 0.652. The van der Waals surface area contributed by atoms with Crippen LogP contribution in [-0.2, 0) is 0 Å². The van der Waals surface area contributed by atoms with Crippen molar-refractivity contribution in [1.82, 2.24) is 5.32 Å². The minimum atomic E-state index is -1.20. The van der Waals surface area contributed by atoms with Crippen LogP contribution < -0.4 is 5.32 Å². The van der Waals surface area contributed by atoms with Gasteiger partial charge in [0, 0.05) is 0 Å². The van der Waals surface area contributed by atoms with Gasteiger partial charge in [0.05, 0.1) is 5.57 Å². The zero-order valence-electron chi connectivity index (χ0n) is 6.55. The van der Waals surface area contributed by atoms with Gasteiger partial charge in [-0.3, -0.25) is 0 Å². The summed E-state index contributed by atoms with van der Waals surface area (Å²) in [7, 11) is 0. The number of dihydropyridines is 1. The van der Waals surface area contributed by atoms with Crippen LogP contribution in [0, 0.1) is 11.3 Å². The SMILES string of the molecule is CC1=C(C#N)C(C)(O)NC=C1. The quantitative estimate of drug-likeness (QED) is 0.533. The molecule has 0 radical (unpaired) electrons. The van der Waals surface area contributed by atoms with Gasteiger partial charge in [0.1, 0.15) is 6.07 Å². The Labute approximate surface area is 65.6 Å². The Hall–Kier alpha value is -1.27. The van der Waals surface area contributed by atoms with Crippen LogP contribution in [-0.4, -0.2) is 10.8 Å². The predicted molar refractivity (Wildman–Crippen MR) is 41.2 cm³/mol. The van der Waals surface area contributed by atoms with Gasteiger partial charge in [0.15, 0.2) is 5.72 Å². The fourth-order valence-electron chi connectivity index (χ4n) is 1.07. The molecule has 1 rings (SSSR count). The van der Waals surface area contributed by atoms with E-state index in [0.29, 0.717) is 5.57 Å². The van der Waals surface area contributed by atoms with Crippen molar-refractivity contribution in [2.24, 2.45) is 0 Å². The fourth-order valence-corrected chi connectivity index (χ4v) is 1.07. The fraction of sp³-hybridized carbons (Fsp3) is 0.375. The maximum atomic E-state index is 9.56. The van der Waals surface area contributed by atoms with Crippen LogP contribution in [0.3, 0.4) is 0 Å². The van der Waals surface area contributed by atoms with Gasteiger partial charge in [0.2, 0.25) is 0 Å². The number of nitrogens with zero attached hydrogens (tertiary/aromatic N) is 1. The highest BCUT2D eigenvalue weighted by Crippen LogP contribution is 2.20.